The van der Waals surface area contributed by atoms with E-state index in [2.05, 4.69) is 10.3 Å². The minimum atomic E-state index is -0.865. The van der Waals surface area contributed by atoms with Gasteiger partial charge in [-0.15, -0.1) is 0 Å². The molecule has 0 bridgehead atoms. The summed E-state index contributed by atoms with van der Waals surface area (Å²) in [6.45, 7) is 0. The van der Waals surface area contributed by atoms with Crippen molar-refractivity contribution in [3.05, 3.63) is 101 Å². The zero-order chi connectivity index (χ0) is 25.2. The van der Waals surface area contributed by atoms with Crippen molar-refractivity contribution in [1.29, 1.82) is 0 Å². The first kappa shape index (κ1) is 23.2. The summed E-state index contributed by atoms with van der Waals surface area (Å²) in [4.78, 5) is 43.8. The van der Waals surface area contributed by atoms with E-state index in [0.717, 1.165) is 27.7 Å². The lowest BCUT2D eigenvalue weighted by Crippen LogP contribution is -2.53. The van der Waals surface area contributed by atoms with Crippen molar-refractivity contribution in [2.45, 2.75) is 18.5 Å². The van der Waals surface area contributed by atoms with Gasteiger partial charge in [-0.1, -0.05) is 48.5 Å². The van der Waals surface area contributed by atoms with Crippen molar-refractivity contribution in [2.24, 2.45) is 0 Å². The van der Waals surface area contributed by atoms with Crippen LogP contribution in [0.15, 0.2) is 78.9 Å². The van der Waals surface area contributed by atoms with Gasteiger partial charge in [0.25, 0.3) is 0 Å². The Kier molecular flexibility index (Phi) is 6.16. The predicted molar refractivity (Wildman–Crippen MR) is 135 cm³/mol. The third-order valence-corrected chi connectivity index (χ3v) is 6.51. The molecule has 0 saturated heterocycles. The fraction of sp³-hybridized carbons (Fsp3) is 0.179. The van der Waals surface area contributed by atoms with E-state index in [1.165, 1.54) is 19.1 Å². The monoisotopic (exact) mass is 483 g/mol. The second-order valence-corrected chi connectivity index (χ2v) is 8.53. The molecule has 0 radical (unpaired) electrons. The Balaban J connectivity index is 1.67. The molecule has 0 fully saturated rings. The molecule has 182 valence electrons. The highest BCUT2D eigenvalue weighted by atomic mass is 16.5. The van der Waals surface area contributed by atoms with E-state index < -0.39 is 30.1 Å². The second kappa shape index (κ2) is 9.58. The highest BCUT2D eigenvalue weighted by Crippen LogP contribution is 2.41. The third-order valence-electron chi connectivity index (χ3n) is 6.51. The average molecular weight is 484 g/mol. The number of ether oxygens (including phenoxy) is 2. The van der Waals surface area contributed by atoms with E-state index in [9.17, 15) is 14.4 Å². The van der Waals surface area contributed by atoms with Crippen LogP contribution in [0, 0.1) is 0 Å². The highest BCUT2D eigenvalue weighted by Gasteiger charge is 2.44. The van der Waals surface area contributed by atoms with Gasteiger partial charge in [-0.25, -0.2) is 14.4 Å². The maximum absolute atomic E-state index is 13.7. The fourth-order valence-electron chi connectivity index (χ4n) is 4.83. The van der Waals surface area contributed by atoms with E-state index in [4.69, 9.17) is 9.47 Å². The molecule has 2 N–H and O–H groups in total. The number of para-hydroxylation sites is 2. The number of carbonyl (C=O) groups is 3. The summed E-state index contributed by atoms with van der Waals surface area (Å²) >= 11 is 0. The number of nitrogens with zero attached hydrogens (tertiary/aromatic N) is 1. The number of H-pyrrole nitrogens is 1. The van der Waals surface area contributed by atoms with Gasteiger partial charge in [-0.3, -0.25) is 4.90 Å². The zero-order valence-corrected chi connectivity index (χ0v) is 19.9. The predicted octanol–water partition coefficient (Wildman–Crippen LogP) is 4.68. The number of aromatic amines is 1. The van der Waals surface area contributed by atoms with Crippen LogP contribution in [0.25, 0.3) is 10.9 Å². The van der Waals surface area contributed by atoms with Crippen molar-refractivity contribution in [1.82, 2.24) is 9.88 Å². The Bertz CT molecular complexity index is 1430. The van der Waals surface area contributed by atoms with Crippen LogP contribution in [-0.4, -0.2) is 48.1 Å². The van der Waals surface area contributed by atoms with Gasteiger partial charge in [0, 0.05) is 28.7 Å². The highest BCUT2D eigenvalue weighted by molar-refractivity contribution is 5.95. The van der Waals surface area contributed by atoms with Crippen molar-refractivity contribution in [2.75, 3.05) is 19.5 Å². The minimum Gasteiger partial charge on any atom is -0.467 e. The van der Waals surface area contributed by atoms with Gasteiger partial charge in [-0.05, 0) is 41.5 Å². The van der Waals surface area contributed by atoms with Gasteiger partial charge >= 0.3 is 18.0 Å². The van der Waals surface area contributed by atoms with Crippen molar-refractivity contribution >= 4 is 34.6 Å². The summed E-state index contributed by atoms with van der Waals surface area (Å²) < 4.78 is 9.97. The lowest BCUT2D eigenvalue weighted by Gasteiger charge is -2.40. The SMILES string of the molecule is COC(=O)c1ccc(C2c3[nH]c4ccccc4c3CC(C(=O)OC)N2C(=O)Nc2ccccc2)cc1. The molecule has 36 heavy (non-hydrogen) atoms. The van der Waals surface area contributed by atoms with Gasteiger partial charge < -0.3 is 19.8 Å². The van der Waals surface area contributed by atoms with E-state index in [1.54, 1.807) is 36.4 Å². The molecule has 5 rings (SSSR count). The van der Waals surface area contributed by atoms with Gasteiger partial charge in [0.15, 0.2) is 0 Å². The average Bonchev–Trinajstić information content (AvgIpc) is 3.30. The van der Waals surface area contributed by atoms with Crippen molar-refractivity contribution in [3.63, 3.8) is 0 Å². The number of hydrogen-bond acceptors (Lipinski definition) is 5. The van der Waals surface area contributed by atoms with Crippen LogP contribution in [0.4, 0.5) is 10.5 Å². The Labute approximate surface area is 207 Å². The number of nitrogens with one attached hydrogen (secondary N) is 2. The zero-order valence-electron chi connectivity index (χ0n) is 19.9. The van der Waals surface area contributed by atoms with E-state index in [1.807, 2.05) is 42.5 Å². The van der Waals surface area contributed by atoms with Crippen LogP contribution < -0.4 is 5.32 Å². The van der Waals surface area contributed by atoms with Gasteiger partial charge in [0.2, 0.25) is 0 Å². The number of benzene rings is 3. The smallest absolute Gasteiger partial charge is 0.337 e. The van der Waals surface area contributed by atoms with Crippen LogP contribution in [0.1, 0.15) is 33.2 Å². The molecular formula is C28H25N3O5. The van der Waals surface area contributed by atoms with E-state index in [0.29, 0.717) is 17.7 Å². The number of hydrogen-bond donors (Lipinski definition) is 2. The molecule has 0 saturated carbocycles. The minimum absolute atomic E-state index is 0.297. The maximum atomic E-state index is 13.7. The topological polar surface area (TPSA) is 101 Å². The van der Waals surface area contributed by atoms with Crippen molar-refractivity contribution < 1.29 is 23.9 Å². The van der Waals surface area contributed by atoms with Gasteiger partial charge in [-0.2, -0.15) is 0 Å². The molecule has 3 aromatic carbocycles. The molecule has 1 aliphatic heterocycles. The number of methoxy groups -OCH3 is 2. The van der Waals surface area contributed by atoms with Gasteiger partial charge in [0.05, 0.1) is 19.8 Å². The number of fused-ring (bicyclic) bond motifs is 3. The Morgan fingerprint density at radius 3 is 2.28 bits per heavy atom. The number of anilines is 1. The molecule has 8 heteroatoms. The van der Waals surface area contributed by atoms with Crippen molar-refractivity contribution in [3.8, 4) is 0 Å². The molecule has 2 heterocycles. The molecular weight excluding hydrogens is 458 g/mol. The van der Waals surface area contributed by atoms with Crippen LogP contribution in [-0.2, 0) is 20.7 Å². The summed E-state index contributed by atoms with van der Waals surface area (Å²) in [5.41, 5.74) is 4.39. The fourth-order valence-corrected chi connectivity index (χ4v) is 4.83. The molecule has 2 unspecified atom stereocenters. The number of aromatic nitrogens is 1. The first-order valence-electron chi connectivity index (χ1n) is 11.5. The number of esters is 2. The lowest BCUT2D eigenvalue weighted by molar-refractivity contribution is -0.146. The normalized spacial score (nSPS) is 16.8. The van der Waals surface area contributed by atoms with Crippen LogP contribution >= 0.6 is 0 Å². The number of carbonyl (C=O) groups excluding carboxylic acids is 3. The molecule has 2 atom stereocenters. The summed E-state index contributed by atoms with van der Waals surface area (Å²) in [6, 6.07) is 21.8. The molecule has 2 amide bonds. The summed E-state index contributed by atoms with van der Waals surface area (Å²) in [5, 5.41) is 3.90. The standard InChI is InChI=1S/C28H25N3O5/c1-35-26(32)18-14-12-17(13-15-18)25-24-21(20-10-6-7-11-22(20)30-24)16-23(27(33)36-2)31(25)28(34)29-19-8-4-3-5-9-19/h3-15,23,25,30H,16H2,1-2H3,(H,29,34). The number of urea groups is 1. The van der Waals surface area contributed by atoms with Crippen LogP contribution in [0.5, 0.6) is 0 Å². The summed E-state index contributed by atoms with van der Waals surface area (Å²) in [7, 11) is 2.64. The molecule has 8 nitrogen and oxygen atoms in total. The molecule has 1 aliphatic rings. The first-order chi connectivity index (χ1) is 17.5. The third kappa shape index (κ3) is 4.07. The van der Waals surface area contributed by atoms with Crippen LogP contribution in [0.2, 0.25) is 0 Å². The number of rotatable bonds is 4. The van der Waals surface area contributed by atoms with Gasteiger partial charge in [0.1, 0.15) is 12.1 Å². The Morgan fingerprint density at radius 2 is 1.58 bits per heavy atom. The second-order valence-electron chi connectivity index (χ2n) is 8.53. The largest absolute Gasteiger partial charge is 0.467 e. The van der Waals surface area contributed by atoms with Crippen LogP contribution in [0.3, 0.4) is 0 Å². The first-order valence-corrected chi connectivity index (χ1v) is 11.5. The van der Waals surface area contributed by atoms with E-state index in [-0.39, 0.29) is 0 Å². The molecule has 4 aromatic rings. The Hall–Kier alpha value is -4.59. The summed E-state index contributed by atoms with van der Waals surface area (Å²) in [5.74, 6) is -0.965. The maximum Gasteiger partial charge on any atom is 0.337 e. The quantitative estimate of drug-likeness (QED) is 0.411. The lowest BCUT2D eigenvalue weighted by atomic mass is 9.88. The number of amides is 2. The van der Waals surface area contributed by atoms with E-state index >= 15 is 0 Å². The molecule has 0 aliphatic carbocycles. The Morgan fingerprint density at radius 1 is 0.889 bits per heavy atom. The molecule has 1 aromatic heterocycles. The molecule has 0 spiro atoms. The summed E-state index contributed by atoms with van der Waals surface area (Å²) in [6.07, 6.45) is 0.297.